The van der Waals surface area contributed by atoms with E-state index in [-0.39, 0.29) is 0 Å². The zero-order valence-electron chi connectivity index (χ0n) is 10.1. The van der Waals surface area contributed by atoms with Crippen LogP contribution < -0.4 is 0 Å². The van der Waals surface area contributed by atoms with Crippen molar-refractivity contribution in [2.75, 3.05) is 6.54 Å². The van der Waals surface area contributed by atoms with Crippen LogP contribution in [-0.4, -0.2) is 16.4 Å². The third-order valence-corrected chi connectivity index (χ3v) is 3.58. The Morgan fingerprint density at radius 1 is 1.33 bits per heavy atom. The van der Waals surface area contributed by atoms with Crippen LogP contribution in [0.1, 0.15) is 30.3 Å². The predicted molar refractivity (Wildman–Crippen MR) is 70.3 cm³/mol. The highest BCUT2D eigenvalue weighted by atomic mass is 35.5. The van der Waals surface area contributed by atoms with Gasteiger partial charge in [-0.3, -0.25) is 9.88 Å². The Morgan fingerprint density at radius 2 is 2.28 bits per heavy atom. The third kappa shape index (κ3) is 2.42. The molecule has 0 spiro atoms. The number of aromatic nitrogens is 1. The number of hydrogen-bond acceptors (Lipinski definition) is 3. The zero-order valence-corrected chi connectivity index (χ0v) is 10.8. The first-order chi connectivity index (χ1) is 8.83. The minimum Gasteiger partial charge on any atom is -0.448 e. The number of hydrogen-bond donors (Lipinski definition) is 0. The van der Waals surface area contributed by atoms with Crippen molar-refractivity contribution in [1.82, 2.24) is 9.88 Å². The zero-order chi connectivity index (χ0) is 12.4. The van der Waals surface area contributed by atoms with E-state index in [2.05, 4.69) is 16.0 Å². The van der Waals surface area contributed by atoms with Gasteiger partial charge in [-0.05, 0) is 55.3 Å². The fourth-order valence-corrected chi connectivity index (χ4v) is 2.72. The summed E-state index contributed by atoms with van der Waals surface area (Å²) in [4.78, 5) is 6.86. The third-order valence-electron chi connectivity index (χ3n) is 3.38. The maximum Gasteiger partial charge on any atom is 0.193 e. The molecule has 2 aromatic heterocycles. The van der Waals surface area contributed by atoms with Gasteiger partial charge in [0.2, 0.25) is 0 Å². The molecule has 4 heteroatoms. The summed E-state index contributed by atoms with van der Waals surface area (Å²) in [7, 11) is 0. The van der Waals surface area contributed by atoms with Gasteiger partial charge in [0.15, 0.2) is 5.22 Å². The van der Waals surface area contributed by atoms with E-state index in [4.69, 9.17) is 16.0 Å². The maximum atomic E-state index is 5.80. The van der Waals surface area contributed by atoms with Crippen molar-refractivity contribution < 1.29 is 4.42 Å². The molecule has 3 rings (SSSR count). The molecule has 1 fully saturated rings. The summed E-state index contributed by atoms with van der Waals surface area (Å²) in [6, 6.07) is 10.2. The van der Waals surface area contributed by atoms with Gasteiger partial charge in [-0.1, -0.05) is 6.07 Å². The number of nitrogens with zero attached hydrogens (tertiary/aromatic N) is 2. The minimum absolute atomic E-state index is 0.398. The Balaban J connectivity index is 1.75. The van der Waals surface area contributed by atoms with Crippen molar-refractivity contribution in [3.63, 3.8) is 0 Å². The summed E-state index contributed by atoms with van der Waals surface area (Å²) < 4.78 is 5.43. The lowest BCUT2D eigenvalue weighted by atomic mass is 10.1. The molecule has 18 heavy (non-hydrogen) atoms. The average Bonchev–Trinajstić information content (AvgIpc) is 3.00. The summed E-state index contributed by atoms with van der Waals surface area (Å²) in [6.45, 7) is 1.88. The average molecular weight is 263 g/mol. The maximum absolute atomic E-state index is 5.80. The van der Waals surface area contributed by atoms with Gasteiger partial charge in [-0.25, -0.2) is 0 Å². The van der Waals surface area contributed by atoms with Gasteiger partial charge < -0.3 is 4.42 Å². The van der Waals surface area contributed by atoms with Crippen molar-refractivity contribution in [3.8, 4) is 0 Å². The Bertz CT molecular complexity index is 512. The minimum atomic E-state index is 0.398. The molecule has 1 saturated heterocycles. The molecular formula is C14H15ClN2O. The highest BCUT2D eigenvalue weighted by molar-refractivity contribution is 6.28. The number of halogens is 1. The van der Waals surface area contributed by atoms with Crippen LogP contribution in [0.5, 0.6) is 0 Å². The van der Waals surface area contributed by atoms with E-state index in [1.807, 2.05) is 24.4 Å². The van der Waals surface area contributed by atoms with Crippen molar-refractivity contribution in [2.24, 2.45) is 0 Å². The first kappa shape index (κ1) is 11.8. The topological polar surface area (TPSA) is 29.3 Å². The van der Waals surface area contributed by atoms with Gasteiger partial charge in [0.05, 0.1) is 18.3 Å². The highest BCUT2D eigenvalue weighted by Crippen LogP contribution is 2.32. The highest BCUT2D eigenvalue weighted by Gasteiger charge is 2.27. The number of furan rings is 1. The molecule has 0 aromatic carbocycles. The molecule has 0 amide bonds. The summed E-state index contributed by atoms with van der Waals surface area (Å²) >= 11 is 5.80. The van der Waals surface area contributed by atoms with Gasteiger partial charge in [-0.2, -0.15) is 0 Å². The van der Waals surface area contributed by atoms with Gasteiger partial charge in [0.25, 0.3) is 0 Å². The smallest absolute Gasteiger partial charge is 0.193 e. The molecule has 3 nitrogen and oxygen atoms in total. The molecule has 1 aliphatic rings. The summed E-state index contributed by atoms with van der Waals surface area (Å²) in [5, 5.41) is 0.457. The van der Waals surface area contributed by atoms with Crippen molar-refractivity contribution in [3.05, 3.63) is 53.2 Å². The van der Waals surface area contributed by atoms with E-state index < -0.39 is 0 Å². The number of likely N-dealkylation sites (tertiary alicyclic amines) is 1. The first-order valence-corrected chi connectivity index (χ1v) is 6.60. The first-order valence-electron chi connectivity index (χ1n) is 6.22. The van der Waals surface area contributed by atoms with Crippen LogP contribution in [0.3, 0.4) is 0 Å². The predicted octanol–water partition coefficient (Wildman–Crippen LogP) is 3.67. The summed E-state index contributed by atoms with van der Waals surface area (Å²) in [5.74, 6) is 0.919. The van der Waals surface area contributed by atoms with Crippen LogP contribution in [0.4, 0.5) is 0 Å². The lowest BCUT2D eigenvalue weighted by Crippen LogP contribution is -2.23. The van der Waals surface area contributed by atoms with E-state index in [1.54, 1.807) is 6.07 Å². The van der Waals surface area contributed by atoms with E-state index in [1.165, 1.54) is 6.42 Å². The monoisotopic (exact) mass is 262 g/mol. The van der Waals surface area contributed by atoms with Gasteiger partial charge in [-0.15, -0.1) is 0 Å². The van der Waals surface area contributed by atoms with Crippen molar-refractivity contribution in [1.29, 1.82) is 0 Å². The van der Waals surface area contributed by atoms with Gasteiger partial charge in [0, 0.05) is 6.20 Å². The second kappa shape index (κ2) is 5.12. The number of rotatable bonds is 3. The van der Waals surface area contributed by atoms with Gasteiger partial charge >= 0.3 is 0 Å². The van der Waals surface area contributed by atoms with Crippen molar-refractivity contribution in [2.45, 2.75) is 25.4 Å². The molecule has 94 valence electrons. The Kier molecular flexibility index (Phi) is 3.35. The molecule has 1 aliphatic heterocycles. The van der Waals surface area contributed by atoms with Crippen LogP contribution >= 0.6 is 11.6 Å². The largest absolute Gasteiger partial charge is 0.448 e. The second-order valence-electron chi connectivity index (χ2n) is 4.59. The molecule has 0 unspecified atom stereocenters. The van der Waals surface area contributed by atoms with Crippen LogP contribution in [0, 0.1) is 0 Å². The molecule has 0 bridgehead atoms. The molecule has 0 saturated carbocycles. The second-order valence-corrected chi connectivity index (χ2v) is 4.96. The van der Waals surface area contributed by atoms with E-state index >= 15 is 0 Å². The van der Waals surface area contributed by atoms with Crippen LogP contribution in [0.15, 0.2) is 40.9 Å². The Hall–Kier alpha value is -1.32. The summed E-state index contributed by atoms with van der Waals surface area (Å²) in [5.41, 5.74) is 1.15. The van der Waals surface area contributed by atoms with Crippen LogP contribution in [0.25, 0.3) is 0 Å². The lowest BCUT2D eigenvalue weighted by molar-refractivity contribution is 0.225. The summed E-state index contributed by atoms with van der Waals surface area (Å²) in [6.07, 6.45) is 4.22. The van der Waals surface area contributed by atoms with E-state index in [0.717, 1.165) is 31.0 Å². The fourth-order valence-electron chi connectivity index (χ4n) is 2.56. The lowest BCUT2D eigenvalue weighted by Gasteiger charge is -2.22. The standard InChI is InChI=1S/C14H15ClN2O/c15-14-7-6-11(18-14)10-17-9-3-5-13(17)12-4-1-2-8-16-12/h1-2,4,6-8,13H,3,5,9-10H2/t13-/m0/s1. The van der Waals surface area contributed by atoms with E-state index in [9.17, 15) is 0 Å². The van der Waals surface area contributed by atoms with Crippen LogP contribution in [-0.2, 0) is 6.54 Å². The van der Waals surface area contributed by atoms with Crippen LogP contribution in [0.2, 0.25) is 5.22 Å². The van der Waals surface area contributed by atoms with Crippen molar-refractivity contribution >= 4 is 11.6 Å². The van der Waals surface area contributed by atoms with Gasteiger partial charge in [0.1, 0.15) is 5.76 Å². The number of pyridine rings is 1. The fraction of sp³-hybridized carbons (Fsp3) is 0.357. The molecule has 3 heterocycles. The molecule has 0 radical (unpaired) electrons. The SMILES string of the molecule is Clc1ccc(CN2CCC[C@H]2c2ccccn2)o1. The molecular weight excluding hydrogens is 248 g/mol. The molecule has 0 aliphatic carbocycles. The quantitative estimate of drug-likeness (QED) is 0.845. The molecule has 2 aromatic rings. The van der Waals surface area contributed by atoms with E-state index in [0.29, 0.717) is 11.3 Å². The Morgan fingerprint density at radius 3 is 3.00 bits per heavy atom. The molecule has 0 N–H and O–H groups in total. The normalized spacial score (nSPS) is 20.4. The molecule has 1 atom stereocenters. The Labute approximate surface area is 111 Å².